The van der Waals surface area contributed by atoms with E-state index in [9.17, 15) is 18.5 Å². The molecule has 0 atom stereocenters. The zero-order chi connectivity index (χ0) is 14.9. The van der Waals surface area contributed by atoms with Gasteiger partial charge in [-0.05, 0) is 25.0 Å². The van der Waals surface area contributed by atoms with Gasteiger partial charge in [0.05, 0.1) is 16.9 Å². The number of rotatable bonds is 5. The molecular weight excluding hydrogens is 286 g/mol. The molecule has 1 aliphatic carbocycles. The van der Waals surface area contributed by atoms with E-state index in [1.807, 2.05) is 0 Å². The molecule has 0 amide bonds. The van der Waals surface area contributed by atoms with E-state index in [0.717, 1.165) is 6.07 Å². The third-order valence-electron chi connectivity index (χ3n) is 3.15. The topological polar surface area (TPSA) is 125 Å². The van der Waals surface area contributed by atoms with Crippen LogP contribution in [0.2, 0.25) is 0 Å². The lowest BCUT2D eigenvalue weighted by Crippen LogP contribution is -2.50. The Morgan fingerprint density at radius 1 is 1.45 bits per heavy atom. The van der Waals surface area contributed by atoms with Gasteiger partial charge in [0.15, 0.2) is 5.75 Å². The van der Waals surface area contributed by atoms with Crippen LogP contribution in [0, 0.1) is 10.1 Å². The van der Waals surface area contributed by atoms with Crippen LogP contribution in [0.25, 0.3) is 0 Å². The Morgan fingerprint density at radius 3 is 2.60 bits per heavy atom. The standard InChI is InChI=1S/C11H15N3O5S/c1-19-11-3-2-9(6-10(11)14(15)16)20(17,18)13-8-4-7(12)5-8/h2-3,6-8,13H,4-5,12H2,1H3. The largest absolute Gasteiger partial charge is 0.490 e. The molecule has 1 aliphatic rings. The number of nitrogens with two attached hydrogens (primary N) is 1. The number of nitrogens with zero attached hydrogens (tertiary/aromatic N) is 1. The first-order valence-corrected chi connectivity index (χ1v) is 7.42. The van der Waals surface area contributed by atoms with Gasteiger partial charge < -0.3 is 10.5 Å². The van der Waals surface area contributed by atoms with E-state index in [2.05, 4.69) is 4.72 Å². The average Bonchev–Trinajstić information content (AvgIpc) is 2.35. The van der Waals surface area contributed by atoms with E-state index >= 15 is 0 Å². The highest BCUT2D eigenvalue weighted by Crippen LogP contribution is 2.30. The number of benzene rings is 1. The fourth-order valence-corrected chi connectivity index (χ4v) is 3.31. The van der Waals surface area contributed by atoms with Gasteiger partial charge >= 0.3 is 5.69 Å². The lowest BCUT2D eigenvalue weighted by Gasteiger charge is -2.32. The zero-order valence-electron chi connectivity index (χ0n) is 10.8. The number of nitro benzene ring substituents is 1. The van der Waals surface area contributed by atoms with Crippen molar-refractivity contribution in [3.63, 3.8) is 0 Å². The summed E-state index contributed by atoms with van der Waals surface area (Å²) in [5, 5.41) is 10.9. The molecule has 1 aromatic rings. The Bertz CT molecular complexity index is 625. The fraction of sp³-hybridized carbons (Fsp3) is 0.455. The summed E-state index contributed by atoms with van der Waals surface area (Å²) in [6.07, 6.45) is 1.13. The lowest BCUT2D eigenvalue weighted by molar-refractivity contribution is -0.386. The van der Waals surface area contributed by atoms with E-state index in [-0.39, 0.29) is 28.4 Å². The quantitative estimate of drug-likeness (QED) is 0.598. The highest BCUT2D eigenvalue weighted by atomic mass is 32.2. The van der Waals surface area contributed by atoms with Crippen molar-refractivity contribution < 1.29 is 18.1 Å². The molecule has 1 saturated carbocycles. The summed E-state index contributed by atoms with van der Waals surface area (Å²) in [6.45, 7) is 0. The van der Waals surface area contributed by atoms with Crippen LogP contribution in [0.3, 0.4) is 0 Å². The number of ether oxygens (including phenoxy) is 1. The summed E-state index contributed by atoms with van der Waals surface area (Å²) >= 11 is 0. The van der Waals surface area contributed by atoms with Crippen LogP contribution in [-0.2, 0) is 10.0 Å². The highest BCUT2D eigenvalue weighted by molar-refractivity contribution is 7.89. The van der Waals surface area contributed by atoms with Crippen molar-refractivity contribution in [2.45, 2.75) is 29.8 Å². The number of methoxy groups -OCH3 is 1. The van der Waals surface area contributed by atoms with E-state index in [4.69, 9.17) is 10.5 Å². The summed E-state index contributed by atoms with van der Waals surface area (Å²) in [6, 6.07) is 3.31. The molecule has 0 unspecified atom stereocenters. The first-order valence-electron chi connectivity index (χ1n) is 5.94. The SMILES string of the molecule is COc1ccc(S(=O)(=O)NC2CC(N)C2)cc1[N+](=O)[O-]. The molecule has 0 aliphatic heterocycles. The number of hydrogen-bond donors (Lipinski definition) is 2. The molecule has 1 fully saturated rings. The Labute approximate surface area is 116 Å². The van der Waals surface area contributed by atoms with Crippen LogP contribution >= 0.6 is 0 Å². The highest BCUT2D eigenvalue weighted by Gasteiger charge is 2.31. The second-order valence-electron chi connectivity index (χ2n) is 4.64. The normalized spacial score (nSPS) is 22.1. The number of nitrogens with one attached hydrogen (secondary N) is 1. The maximum absolute atomic E-state index is 12.1. The van der Waals surface area contributed by atoms with Gasteiger partial charge in [-0.15, -0.1) is 0 Å². The molecule has 9 heteroatoms. The molecule has 3 N–H and O–H groups in total. The van der Waals surface area contributed by atoms with Gasteiger partial charge in [0.2, 0.25) is 10.0 Å². The summed E-state index contributed by atoms with van der Waals surface area (Å²) in [5.41, 5.74) is 5.20. The minimum atomic E-state index is -3.79. The van der Waals surface area contributed by atoms with Crippen molar-refractivity contribution in [2.24, 2.45) is 5.73 Å². The Balaban J connectivity index is 2.27. The summed E-state index contributed by atoms with van der Waals surface area (Å²) < 4.78 is 31.5. The minimum Gasteiger partial charge on any atom is -0.490 e. The summed E-state index contributed by atoms with van der Waals surface area (Å²) in [7, 11) is -2.51. The van der Waals surface area contributed by atoms with Crippen LogP contribution in [0.1, 0.15) is 12.8 Å². The van der Waals surface area contributed by atoms with Gasteiger partial charge in [-0.3, -0.25) is 10.1 Å². The Hall–Kier alpha value is -1.71. The monoisotopic (exact) mass is 301 g/mol. The second-order valence-corrected chi connectivity index (χ2v) is 6.35. The minimum absolute atomic E-state index is 0.00732. The third-order valence-corrected chi connectivity index (χ3v) is 4.67. The van der Waals surface area contributed by atoms with E-state index in [1.54, 1.807) is 0 Å². The number of nitro groups is 1. The predicted molar refractivity (Wildman–Crippen MR) is 71.0 cm³/mol. The van der Waals surface area contributed by atoms with Crippen molar-refractivity contribution in [3.8, 4) is 5.75 Å². The van der Waals surface area contributed by atoms with Gasteiger partial charge in [-0.2, -0.15) is 0 Å². The summed E-state index contributed by atoms with van der Waals surface area (Å²) in [5.74, 6) is 0.0135. The van der Waals surface area contributed by atoms with Gasteiger partial charge in [0.1, 0.15) is 0 Å². The van der Waals surface area contributed by atoms with Crippen molar-refractivity contribution in [1.82, 2.24) is 4.72 Å². The molecule has 8 nitrogen and oxygen atoms in total. The molecule has 110 valence electrons. The zero-order valence-corrected chi connectivity index (χ0v) is 11.6. The van der Waals surface area contributed by atoms with Crippen LogP contribution in [0.15, 0.2) is 23.1 Å². The van der Waals surface area contributed by atoms with E-state index in [1.165, 1.54) is 19.2 Å². The van der Waals surface area contributed by atoms with Crippen LogP contribution in [0.5, 0.6) is 5.75 Å². The van der Waals surface area contributed by atoms with Gasteiger partial charge in [0.25, 0.3) is 0 Å². The van der Waals surface area contributed by atoms with Crippen LogP contribution in [0.4, 0.5) is 5.69 Å². The smallest absolute Gasteiger partial charge is 0.312 e. The molecule has 0 spiro atoms. The fourth-order valence-electron chi connectivity index (χ4n) is 2.03. The number of sulfonamides is 1. The van der Waals surface area contributed by atoms with Gasteiger partial charge in [-0.1, -0.05) is 0 Å². The molecule has 0 radical (unpaired) electrons. The van der Waals surface area contributed by atoms with Crippen molar-refractivity contribution >= 4 is 15.7 Å². The molecule has 2 rings (SSSR count). The lowest BCUT2D eigenvalue weighted by atomic mass is 9.89. The molecule has 0 heterocycles. The van der Waals surface area contributed by atoms with Gasteiger partial charge in [-0.25, -0.2) is 13.1 Å². The molecule has 0 saturated heterocycles. The van der Waals surface area contributed by atoms with Crippen molar-refractivity contribution in [2.75, 3.05) is 7.11 Å². The third kappa shape index (κ3) is 2.89. The number of hydrogen-bond acceptors (Lipinski definition) is 6. The summed E-state index contributed by atoms with van der Waals surface area (Å²) in [4.78, 5) is 10.0. The van der Waals surface area contributed by atoms with Crippen molar-refractivity contribution in [3.05, 3.63) is 28.3 Å². The molecule has 0 aromatic heterocycles. The molecular formula is C11H15N3O5S. The Morgan fingerprint density at radius 2 is 2.10 bits per heavy atom. The van der Waals surface area contributed by atoms with Crippen LogP contribution in [-0.4, -0.2) is 32.5 Å². The maximum Gasteiger partial charge on any atom is 0.312 e. The molecule has 20 heavy (non-hydrogen) atoms. The van der Waals surface area contributed by atoms with Gasteiger partial charge in [0, 0.05) is 18.2 Å². The Kier molecular flexibility index (Phi) is 3.93. The average molecular weight is 301 g/mol. The second kappa shape index (κ2) is 5.35. The predicted octanol–water partition coefficient (Wildman–Crippen LogP) is 0.371. The van der Waals surface area contributed by atoms with E-state index in [0.29, 0.717) is 12.8 Å². The van der Waals surface area contributed by atoms with Crippen LogP contribution < -0.4 is 15.2 Å². The van der Waals surface area contributed by atoms with E-state index < -0.39 is 14.9 Å². The van der Waals surface area contributed by atoms with Crippen molar-refractivity contribution in [1.29, 1.82) is 0 Å². The molecule has 0 bridgehead atoms. The maximum atomic E-state index is 12.1. The first kappa shape index (κ1) is 14.7. The first-order chi connectivity index (χ1) is 9.33. The molecule has 1 aromatic carbocycles.